The molecule has 0 N–H and O–H groups in total. The number of hydrogen-bond acceptors (Lipinski definition) is 3. The predicted octanol–water partition coefficient (Wildman–Crippen LogP) is 6.58. The first kappa shape index (κ1) is 21.5. The lowest BCUT2D eigenvalue weighted by molar-refractivity contribution is 0.0981. The molecule has 0 aliphatic rings. The Labute approximate surface area is 179 Å². The van der Waals surface area contributed by atoms with Gasteiger partial charge in [-0.15, -0.1) is 0 Å². The Kier molecular flexibility index (Phi) is 6.51. The third kappa shape index (κ3) is 3.80. The molecule has 0 aliphatic carbocycles. The quantitative estimate of drug-likeness (QED) is 0.421. The first-order chi connectivity index (χ1) is 14.4. The second-order valence-electron chi connectivity index (χ2n) is 7.49. The fraction of sp³-hybridized carbons (Fsp3) is 0.259. The molecule has 3 rings (SSSR count). The highest BCUT2D eigenvalue weighted by atomic mass is 16.1. The van der Waals surface area contributed by atoms with Gasteiger partial charge in [0.15, 0.2) is 11.6 Å². The molecule has 0 bridgehead atoms. The minimum Gasteiger partial charge on any atom is -0.371 e. The van der Waals surface area contributed by atoms with Crippen LogP contribution in [-0.2, 0) is 0 Å². The average Bonchev–Trinajstić information content (AvgIpc) is 2.75. The minimum atomic E-state index is -0.0929. The van der Waals surface area contributed by atoms with Crippen LogP contribution in [0.5, 0.6) is 0 Å². The number of rotatable bonds is 7. The van der Waals surface area contributed by atoms with E-state index in [1.54, 1.807) is 13.8 Å². The number of hydrogen-bond donors (Lipinski definition) is 0. The maximum absolute atomic E-state index is 13.0. The van der Waals surface area contributed by atoms with Gasteiger partial charge < -0.3 is 4.90 Å². The fourth-order valence-electron chi connectivity index (χ4n) is 4.35. The van der Waals surface area contributed by atoms with E-state index in [4.69, 9.17) is 0 Å². The first-order valence-electron chi connectivity index (χ1n) is 10.5. The van der Waals surface area contributed by atoms with Gasteiger partial charge in [0.05, 0.1) is 11.3 Å². The molecule has 0 spiro atoms. The van der Waals surface area contributed by atoms with Crippen LogP contribution < -0.4 is 4.90 Å². The van der Waals surface area contributed by atoms with Crippen molar-refractivity contribution in [2.45, 2.75) is 34.6 Å². The number of anilines is 1. The first-order valence-corrected chi connectivity index (χ1v) is 10.5. The van der Waals surface area contributed by atoms with Gasteiger partial charge in [0, 0.05) is 24.2 Å². The molecule has 0 aromatic heterocycles. The van der Waals surface area contributed by atoms with Gasteiger partial charge in [-0.05, 0) is 56.9 Å². The highest BCUT2D eigenvalue weighted by molar-refractivity contribution is 6.17. The van der Waals surface area contributed by atoms with Gasteiger partial charge in [0.25, 0.3) is 0 Å². The Morgan fingerprint density at radius 3 is 1.53 bits per heavy atom. The highest BCUT2D eigenvalue weighted by Gasteiger charge is 2.29. The average molecular weight is 400 g/mol. The Hall–Kier alpha value is -3.20. The molecular weight excluding hydrogens is 370 g/mol. The molecule has 0 amide bonds. The van der Waals surface area contributed by atoms with Crippen LogP contribution >= 0.6 is 0 Å². The molecule has 3 aromatic rings. The molecule has 154 valence electrons. The zero-order valence-corrected chi connectivity index (χ0v) is 18.5. The summed E-state index contributed by atoms with van der Waals surface area (Å²) in [5.74, 6) is -0.174. The van der Waals surface area contributed by atoms with E-state index in [9.17, 15) is 9.59 Å². The molecular formula is C27H29NO2. The number of ketones is 2. The van der Waals surface area contributed by atoms with Crippen molar-refractivity contribution in [3.63, 3.8) is 0 Å². The molecule has 3 nitrogen and oxygen atoms in total. The second kappa shape index (κ2) is 9.08. The predicted molar refractivity (Wildman–Crippen MR) is 126 cm³/mol. The van der Waals surface area contributed by atoms with E-state index in [0.29, 0.717) is 11.1 Å². The van der Waals surface area contributed by atoms with Crippen LogP contribution in [0.15, 0.2) is 60.7 Å². The maximum atomic E-state index is 13.0. The second-order valence-corrected chi connectivity index (χ2v) is 7.49. The van der Waals surface area contributed by atoms with Gasteiger partial charge in [-0.2, -0.15) is 0 Å². The Balaban J connectivity index is 2.61. The van der Waals surface area contributed by atoms with E-state index >= 15 is 0 Å². The van der Waals surface area contributed by atoms with E-state index in [1.165, 1.54) is 0 Å². The smallest absolute Gasteiger partial charge is 0.162 e. The van der Waals surface area contributed by atoms with Crippen molar-refractivity contribution in [2.24, 2.45) is 0 Å². The van der Waals surface area contributed by atoms with E-state index in [-0.39, 0.29) is 11.6 Å². The van der Waals surface area contributed by atoms with Crippen molar-refractivity contribution in [3.05, 3.63) is 77.4 Å². The van der Waals surface area contributed by atoms with Gasteiger partial charge in [-0.25, -0.2) is 0 Å². The lowest BCUT2D eigenvalue weighted by Gasteiger charge is -2.31. The molecule has 0 aliphatic heterocycles. The monoisotopic (exact) mass is 399 g/mol. The Bertz CT molecular complexity index is 1070. The molecule has 0 saturated heterocycles. The molecule has 30 heavy (non-hydrogen) atoms. The SMILES string of the molecule is CCN(CC)c1c(C)c(-c2ccccc2)c(-c2ccccc2)c(C(C)=O)c1C(C)=O. The topological polar surface area (TPSA) is 37.4 Å². The number of carbonyl (C=O) groups excluding carboxylic acids is 2. The summed E-state index contributed by atoms with van der Waals surface area (Å²) in [5, 5.41) is 0. The van der Waals surface area contributed by atoms with Crippen LogP contribution in [0, 0.1) is 6.92 Å². The fourth-order valence-corrected chi connectivity index (χ4v) is 4.35. The molecule has 0 atom stereocenters. The summed E-state index contributed by atoms with van der Waals surface area (Å²) in [4.78, 5) is 28.2. The Morgan fingerprint density at radius 1 is 0.700 bits per heavy atom. The van der Waals surface area contributed by atoms with Gasteiger partial charge in [0.1, 0.15) is 0 Å². The van der Waals surface area contributed by atoms with Crippen molar-refractivity contribution in [1.29, 1.82) is 0 Å². The van der Waals surface area contributed by atoms with Crippen molar-refractivity contribution in [3.8, 4) is 22.3 Å². The molecule has 0 fully saturated rings. The number of nitrogens with zero attached hydrogens (tertiary/aromatic N) is 1. The summed E-state index contributed by atoms with van der Waals surface area (Å²) >= 11 is 0. The van der Waals surface area contributed by atoms with Crippen molar-refractivity contribution in [2.75, 3.05) is 18.0 Å². The minimum absolute atomic E-state index is 0.0815. The molecule has 0 radical (unpaired) electrons. The maximum Gasteiger partial charge on any atom is 0.162 e. The van der Waals surface area contributed by atoms with E-state index in [0.717, 1.165) is 46.6 Å². The van der Waals surface area contributed by atoms with Gasteiger partial charge in [-0.1, -0.05) is 60.7 Å². The van der Waals surface area contributed by atoms with Crippen molar-refractivity contribution >= 4 is 17.3 Å². The lowest BCUT2D eigenvalue weighted by atomic mass is 9.81. The lowest BCUT2D eigenvalue weighted by Crippen LogP contribution is -2.27. The molecule has 3 heteroatoms. The summed E-state index contributed by atoms with van der Waals surface area (Å²) in [6, 6.07) is 20.0. The van der Waals surface area contributed by atoms with E-state index < -0.39 is 0 Å². The van der Waals surface area contributed by atoms with Gasteiger partial charge in [0.2, 0.25) is 0 Å². The summed E-state index contributed by atoms with van der Waals surface area (Å²) in [5.41, 5.74) is 6.78. The van der Waals surface area contributed by atoms with Gasteiger partial charge >= 0.3 is 0 Å². The Morgan fingerprint density at radius 2 is 1.13 bits per heavy atom. The number of carbonyl (C=O) groups is 2. The van der Waals surface area contributed by atoms with Crippen molar-refractivity contribution in [1.82, 2.24) is 0 Å². The van der Waals surface area contributed by atoms with Crippen LogP contribution in [0.1, 0.15) is 54.0 Å². The molecule has 0 heterocycles. The summed E-state index contributed by atoms with van der Waals surface area (Å²) < 4.78 is 0. The zero-order valence-electron chi connectivity index (χ0n) is 18.5. The summed E-state index contributed by atoms with van der Waals surface area (Å²) in [6.45, 7) is 10.9. The van der Waals surface area contributed by atoms with E-state index in [2.05, 4.69) is 37.8 Å². The van der Waals surface area contributed by atoms with Crippen LogP contribution in [0.2, 0.25) is 0 Å². The molecule has 0 unspecified atom stereocenters. The summed E-state index contributed by atoms with van der Waals surface area (Å²) in [7, 11) is 0. The number of benzene rings is 3. The third-order valence-corrected chi connectivity index (χ3v) is 5.63. The largest absolute Gasteiger partial charge is 0.371 e. The normalized spacial score (nSPS) is 10.7. The highest BCUT2D eigenvalue weighted by Crippen LogP contribution is 2.45. The van der Waals surface area contributed by atoms with Crippen LogP contribution in [0.25, 0.3) is 22.3 Å². The zero-order chi connectivity index (χ0) is 21.8. The van der Waals surface area contributed by atoms with Crippen LogP contribution in [0.4, 0.5) is 5.69 Å². The van der Waals surface area contributed by atoms with Crippen LogP contribution in [-0.4, -0.2) is 24.7 Å². The van der Waals surface area contributed by atoms with Crippen molar-refractivity contribution < 1.29 is 9.59 Å². The van der Waals surface area contributed by atoms with E-state index in [1.807, 2.05) is 48.5 Å². The standard InChI is InChI=1S/C27H29NO2/c1-6-28(7-2)27-18(3)23(21-14-10-8-11-15-21)26(22-16-12-9-13-17-22)24(19(4)29)25(27)20(5)30/h8-17H,6-7H2,1-5H3. The van der Waals surface area contributed by atoms with Crippen LogP contribution in [0.3, 0.4) is 0 Å². The van der Waals surface area contributed by atoms with Gasteiger partial charge in [-0.3, -0.25) is 9.59 Å². The third-order valence-electron chi connectivity index (χ3n) is 5.63. The molecule has 0 saturated carbocycles. The summed E-state index contributed by atoms with van der Waals surface area (Å²) in [6.07, 6.45) is 0. The number of Topliss-reactive ketones (excluding diaryl/α,β-unsaturated/α-hetero) is 2. The molecule has 3 aromatic carbocycles.